The third-order valence-electron chi connectivity index (χ3n) is 9.56. The van der Waals surface area contributed by atoms with E-state index in [0.717, 1.165) is 42.4 Å². The standard InChI is InChI=1S/C36H44F3N7O3Si/c1-42(2)34(47)26-9-7-24(8-10-26)25-12-16-44(17-13-25)22-27-21-28-29(11-15-40-33(28)43(27)3)45-18-14-30-31(35(45)48)32(36(37,38)39)41-46(30)23-49-19-20-50(4,5)6/h7-11,14-15,18,21,25H,12-13,16-17,19-20,22-23H2,1-6H3. The van der Waals surface area contributed by atoms with E-state index in [1.165, 1.54) is 22.4 Å². The van der Waals surface area contributed by atoms with Crippen LogP contribution in [0.5, 0.6) is 0 Å². The van der Waals surface area contributed by atoms with Crippen LogP contribution in [0, 0.1) is 0 Å². The fraction of sp³-hybridized carbons (Fsp3) is 0.444. The molecule has 10 nitrogen and oxygen atoms in total. The van der Waals surface area contributed by atoms with Crippen LogP contribution in [-0.4, -0.2) is 81.5 Å². The maximum absolute atomic E-state index is 14.2. The molecule has 0 aliphatic carbocycles. The second kappa shape index (κ2) is 13.8. The first kappa shape index (κ1) is 35.5. The average Bonchev–Trinajstić information content (AvgIpc) is 3.61. The number of alkyl halides is 3. The number of amides is 1. The highest BCUT2D eigenvalue weighted by molar-refractivity contribution is 6.76. The number of aromatic nitrogens is 5. The van der Waals surface area contributed by atoms with Gasteiger partial charge in [0, 0.05) is 71.4 Å². The predicted molar refractivity (Wildman–Crippen MR) is 190 cm³/mol. The Morgan fingerprint density at radius 3 is 2.40 bits per heavy atom. The molecule has 14 heteroatoms. The SMILES string of the molecule is CN(C)C(=O)c1ccc(C2CCN(Cc3cc4c(-n5ccc6c(c(C(F)(F)F)nn6COCC[Si](C)(C)C)c5=O)ccnc4n3C)CC2)cc1. The van der Waals surface area contributed by atoms with Crippen molar-refractivity contribution < 1.29 is 22.7 Å². The molecule has 5 aromatic rings. The van der Waals surface area contributed by atoms with Gasteiger partial charge in [-0.3, -0.25) is 19.1 Å². The average molecular weight is 708 g/mol. The second-order valence-electron chi connectivity index (χ2n) is 14.6. The molecule has 0 saturated carbocycles. The molecule has 1 amide bonds. The number of ether oxygens (including phenoxy) is 1. The van der Waals surface area contributed by atoms with Crippen LogP contribution >= 0.6 is 0 Å². The lowest BCUT2D eigenvalue weighted by Gasteiger charge is -2.32. The Hall–Kier alpha value is -4.27. The van der Waals surface area contributed by atoms with Crippen molar-refractivity contribution >= 4 is 35.9 Å². The zero-order valence-corrected chi connectivity index (χ0v) is 30.4. The van der Waals surface area contributed by atoms with Crippen LogP contribution < -0.4 is 5.56 Å². The van der Waals surface area contributed by atoms with E-state index in [-0.39, 0.29) is 18.2 Å². The molecule has 0 spiro atoms. The number of nitrogens with zero attached hydrogens (tertiary/aromatic N) is 7. The summed E-state index contributed by atoms with van der Waals surface area (Å²) in [5.74, 6) is 0.389. The van der Waals surface area contributed by atoms with Crippen molar-refractivity contribution in [3.05, 3.63) is 87.7 Å². The fourth-order valence-electron chi connectivity index (χ4n) is 6.63. The molecule has 5 heterocycles. The molecule has 1 aliphatic rings. The van der Waals surface area contributed by atoms with Crippen LogP contribution in [0.1, 0.15) is 46.1 Å². The lowest BCUT2D eigenvalue weighted by molar-refractivity contribution is -0.140. The van der Waals surface area contributed by atoms with E-state index in [4.69, 9.17) is 4.74 Å². The number of hydrogen-bond acceptors (Lipinski definition) is 6. The number of rotatable bonds is 10. The molecule has 0 radical (unpaired) electrons. The predicted octanol–water partition coefficient (Wildman–Crippen LogP) is 6.49. The number of hydrogen-bond donors (Lipinski definition) is 0. The maximum atomic E-state index is 14.2. The smallest absolute Gasteiger partial charge is 0.360 e. The molecule has 1 fully saturated rings. The van der Waals surface area contributed by atoms with Crippen LogP contribution in [0.4, 0.5) is 13.2 Å². The summed E-state index contributed by atoms with van der Waals surface area (Å²) in [6, 6.07) is 13.9. The summed E-state index contributed by atoms with van der Waals surface area (Å²) < 4.78 is 52.7. The number of pyridine rings is 2. The van der Waals surface area contributed by atoms with Crippen molar-refractivity contribution in [2.75, 3.05) is 33.8 Å². The Balaban J connectivity index is 1.23. The van der Waals surface area contributed by atoms with E-state index in [0.29, 0.717) is 41.4 Å². The van der Waals surface area contributed by atoms with E-state index in [2.05, 4.69) is 46.8 Å². The van der Waals surface area contributed by atoms with Gasteiger partial charge in [-0.25, -0.2) is 9.67 Å². The van der Waals surface area contributed by atoms with Gasteiger partial charge in [0.05, 0.1) is 16.6 Å². The van der Waals surface area contributed by atoms with Gasteiger partial charge in [-0.15, -0.1) is 0 Å². The molecule has 266 valence electrons. The first-order valence-electron chi connectivity index (χ1n) is 16.9. The van der Waals surface area contributed by atoms with Crippen LogP contribution in [-0.2, 0) is 31.2 Å². The van der Waals surface area contributed by atoms with Gasteiger partial charge in [0.15, 0.2) is 5.69 Å². The second-order valence-corrected chi connectivity index (χ2v) is 20.2. The minimum absolute atomic E-state index is 0.0137. The third kappa shape index (κ3) is 7.28. The lowest BCUT2D eigenvalue weighted by Crippen LogP contribution is -2.33. The van der Waals surface area contributed by atoms with E-state index < -0.39 is 30.9 Å². The Bertz CT molecular complexity index is 2070. The Labute approximate surface area is 290 Å². The summed E-state index contributed by atoms with van der Waals surface area (Å²) in [6.45, 7) is 9.23. The molecule has 6 rings (SSSR count). The number of aryl methyl sites for hydroxylation is 1. The minimum Gasteiger partial charge on any atom is -0.360 e. The quantitative estimate of drug-likeness (QED) is 0.122. The van der Waals surface area contributed by atoms with Gasteiger partial charge in [0.2, 0.25) is 0 Å². The number of carbonyl (C=O) groups excluding carboxylic acids is 1. The molecule has 0 unspecified atom stereocenters. The number of likely N-dealkylation sites (tertiary alicyclic amines) is 1. The first-order valence-corrected chi connectivity index (χ1v) is 20.6. The summed E-state index contributed by atoms with van der Waals surface area (Å²) in [4.78, 5) is 34.7. The summed E-state index contributed by atoms with van der Waals surface area (Å²) >= 11 is 0. The van der Waals surface area contributed by atoms with Gasteiger partial charge >= 0.3 is 6.18 Å². The monoisotopic (exact) mass is 707 g/mol. The molecular formula is C36H44F3N7O3Si. The normalized spacial score (nSPS) is 15.0. The Morgan fingerprint density at radius 2 is 1.76 bits per heavy atom. The van der Waals surface area contributed by atoms with Crippen molar-refractivity contribution in [1.29, 1.82) is 0 Å². The lowest BCUT2D eigenvalue weighted by atomic mass is 9.89. The molecule has 1 saturated heterocycles. The van der Waals surface area contributed by atoms with Crippen LogP contribution in [0.2, 0.25) is 25.7 Å². The molecule has 1 aliphatic heterocycles. The van der Waals surface area contributed by atoms with E-state index in [9.17, 15) is 22.8 Å². The maximum Gasteiger partial charge on any atom is 0.435 e. The number of piperidine rings is 1. The molecule has 0 bridgehead atoms. The molecule has 50 heavy (non-hydrogen) atoms. The Kier molecular flexibility index (Phi) is 9.81. The molecule has 1 aromatic carbocycles. The highest BCUT2D eigenvalue weighted by Gasteiger charge is 2.38. The molecule has 0 N–H and O–H groups in total. The Morgan fingerprint density at radius 1 is 1.06 bits per heavy atom. The largest absolute Gasteiger partial charge is 0.435 e. The van der Waals surface area contributed by atoms with Gasteiger partial charge in [0.1, 0.15) is 12.4 Å². The van der Waals surface area contributed by atoms with Crippen LogP contribution in [0.15, 0.2) is 59.7 Å². The highest BCUT2D eigenvalue weighted by atomic mass is 28.3. The number of carbonyl (C=O) groups is 1. The van der Waals surface area contributed by atoms with Crippen molar-refractivity contribution in [3.8, 4) is 5.69 Å². The third-order valence-corrected chi connectivity index (χ3v) is 11.3. The van der Waals surface area contributed by atoms with Crippen LogP contribution in [0.25, 0.3) is 27.6 Å². The van der Waals surface area contributed by atoms with Crippen LogP contribution in [0.3, 0.4) is 0 Å². The topological polar surface area (TPSA) is 90.4 Å². The minimum atomic E-state index is -4.82. The summed E-state index contributed by atoms with van der Waals surface area (Å²) in [5, 5.41) is 3.99. The number of benzene rings is 1. The first-order chi connectivity index (χ1) is 23.6. The van der Waals surface area contributed by atoms with Gasteiger partial charge in [-0.2, -0.15) is 18.3 Å². The van der Waals surface area contributed by atoms with Gasteiger partial charge < -0.3 is 14.2 Å². The highest BCUT2D eigenvalue weighted by Crippen LogP contribution is 2.34. The molecular weight excluding hydrogens is 664 g/mol. The van der Waals surface area contributed by atoms with Gasteiger partial charge in [-0.1, -0.05) is 31.8 Å². The number of fused-ring (bicyclic) bond motifs is 2. The summed E-state index contributed by atoms with van der Waals surface area (Å²) in [7, 11) is 4.01. The van der Waals surface area contributed by atoms with E-state index >= 15 is 0 Å². The number of halogens is 3. The van der Waals surface area contributed by atoms with E-state index in [1.54, 1.807) is 31.3 Å². The fourth-order valence-corrected chi connectivity index (χ4v) is 7.39. The summed E-state index contributed by atoms with van der Waals surface area (Å²) in [6.07, 6.45) is 0.197. The van der Waals surface area contributed by atoms with Gasteiger partial charge in [-0.05, 0) is 73.8 Å². The zero-order valence-electron chi connectivity index (χ0n) is 29.4. The van der Waals surface area contributed by atoms with Gasteiger partial charge in [0.25, 0.3) is 11.5 Å². The van der Waals surface area contributed by atoms with Crippen molar-refractivity contribution in [1.82, 2.24) is 33.7 Å². The van der Waals surface area contributed by atoms with Crippen molar-refractivity contribution in [2.45, 2.75) is 63.9 Å². The molecule has 0 atom stereocenters. The van der Waals surface area contributed by atoms with E-state index in [1.807, 2.05) is 29.8 Å². The van der Waals surface area contributed by atoms with Crippen molar-refractivity contribution in [2.24, 2.45) is 7.05 Å². The van der Waals surface area contributed by atoms with Crippen molar-refractivity contribution in [3.63, 3.8) is 0 Å². The summed E-state index contributed by atoms with van der Waals surface area (Å²) in [5.41, 5.74) is 2.03. The molecule has 4 aromatic heterocycles. The zero-order chi connectivity index (χ0) is 36.0.